The zero-order chi connectivity index (χ0) is 22.1. The number of nitrogens with one attached hydrogen (secondary N) is 1. The van der Waals surface area contributed by atoms with E-state index in [1.165, 1.54) is 4.90 Å². The van der Waals surface area contributed by atoms with Crippen LogP contribution in [0.5, 0.6) is 0 Å². The molecule has 3 aromatic rings. The van der Waals surface area contributed by atoms with E-state index in [1.807, 2.05) is 51.1 Å². The molecule has 1 aliphatic heterocycles. The number of hydrogen-bond acceptors (Lipinski definition) is 4. The number of aryl methyl sites for hydroxylation is 3. The lowest BCUT2D eigenvalue weighted by Crippen LogP contribution is -2.32. The van der Waals surface area contributed by atoms with Crippen LogP contribution in [0.4, 0.5) is 5.69 Å². The maximum Gasteiger partial charge on any atom is 0.278 e. The standard InChI is InChI=1S/C25H22ClN3O2/c1-15-4-6-19(12-17(15)3)22-23(28-20-7-5-16(2)21(26)13-20)25(31)29(24(22)30)14-18-8-10-27-11-9-18/h4-13,28H,14H2,1-3H3. The monoisotopic (exact) mass is 431 g/mol. The summed E-state index contributed by atoms with van der Waals surface area (Å²) in [6, 6.07) is 14.8. The van der Waals surface area contributed by atoms with Crippen LogP contribution in [0, 0.1) is 20.8 Å². The van der Waals surface area contributed by atoms with E-state index >= 15 is 0 Å². The highest BCUT2D eigenvalue weighted by molar-refractivity contribution is 6.36. The smallest absolute Gasteiger partial charge is 0.278 e. The average molecular weight is 432 g/mol. The van der Waals surface area contributed by atoms with Gasteiger partial charge in [-0.1, -0.05) is 35.9 Å². The summed E-state index contributed by atoms with van der Waals surface area (Å²) in [5.74, 6) is -0.697. The largest absolute Gasteiger partial charge is 0.350 e. The topological polar surface area (TPSA) is 62.3 Å². The van der Waals surface area contributed by atoms with Crippen molar-refractivity contribution in [3.05, 3.63) is 99.5 Å². The van der Waals surface area contributed by atoms with Gasteiger partial charge in [0.25, 0.3) is 11.8 Å². The molecule has 1 aliphatic rings. The fraction of sp³-hybridized carbons (Fsp3) is 0.160. The number of amides is 2. The number of imide groups is 1. The van der Waals surface area contributed by atoms with Crippen LogP contribution in [0.1, 0.15) is 27.8 Å². The third-order valence-electron chi connectivity index (χ3n) is 5.49. The highest BCUT2D eigenvalue weighted by atomic mass is 35.5. The van der Waals surface area contributed by atoms with Gasteiger partial charge in [-0.3, -0.25) is 19.5 Å². The van der Waals surface area contributed by atoms with Crippen molar-refractivity contribution in [1.82, 2.24) is 9.88 Å². The summed E-state index contributed by atoms with van der Waals surface area (Å²) < 4.78 is 0. The molecule has 0 saturated carbocycles. The van der Waals surface area contributed by atoms with E-state index in [0.29, 0.717) is 21.8 Å². The minimum atomic E-state index is -0.369. The Labute approximate surface area is 186 Å². The number of nitrogens with zero attached hydrogens (tertiary/aromatic N) is 2. The Morgan fingerprint density at radius 2 is 1.58 bits per heavy atom. The maximum absolute atomic E-state index is 13.4. The van der Waals surface area contributed by atoms with Gasteiger partial charge in [0, 0.05) is 23.1 Å². The third kappa shape index (κ3) is 4.09. The number of halogens is 1. The van der Waals surface area contributed by atoms with Crippen molar-refractivity contribution >= 4 is 34.7 Å². The molecule has 5 nitrogen and oxygen atoms in total. The zero-order valence-electron chi connectivity index (χ0n) is 17.6. The van der Waals surface area contributed by atoms with Crippen LogP contribution in [0.25, 0.3) is 5.57 Å². The SMILES string of the molecule is Cc1ccc(C2=C(Nc3ccc(C)c(Cl)c3)C(=O)N(Cc3ccncc3)C2=O)cc1C. The van der Waals surface area contributed by atoms with Crippen molar-refractivity contribution < 1.29 is 9.59 Å². The molecule has 0 radical (unpaired) electrons. The molecule has 0 aliphatic carbocycles. The van der Waals surface area contributed by atoms with Crippen LogP contribution in [-0.2, 0) is 16.1 Å². The van der Waals surface area contributed by atoms with E-state index in [4.69, 9.17) is 11.6 Å². The number of benzene rings is 2. The molecule has 1 aromatic heterocycles. The Balaban J connectivity index is 1.78. The van der Waals surface area contributed by atoms with Crippen molar-refractivity contribution in [2.75, 3.05) is 5.32 Å². The molecule has 6 heteroatoms. The van der Waals surface area contributed by atoms with Gasteiger partial charge in [-0.25, -0.2) is 0 Å². The Hall–Kier alpha value is -3.44. The van der Waals surface area contributed by atoms with Gasteiger partial charge >= 0.3 is 0 Å². The summed E-state index contributed by atoms with van der Waals surface area (Å²) in [6.07, 6.45) is 3.29. The molecule has 2 aromatic carbocycles. The molecule has 1 N–H and O–H groups in total. The van der Waals surface area contributed by atoms with Crippen molar-refractivity contribution in [1.29, 1.82) is 0 Å². The van der Waals surface area contributed by atoms with E-state index in [-0.39, 0.29) is 24.1 Å². The van der Waals surface area contributed by atoms with E-state index < -0.39 is 0 Å². The summed E-state index contributed by atoms with van der Waals surface area (Å²) in [5.41, 5.74) is 5.91. The van der Waals surface area contributed by atoms with E-state index in [9.17, 15) is 9.59 Å². The predicted molar refractivity (Wildman–Crippen MR) is 122 cm³/mol. The molecule has 156 valence electrons. The highest BCUT2D eigenvalue weighted by Crippen LogP contribution is 2.33. The second-order valence-electron chi connectivity index (χ2n) is 7.69. The molecule has 0 unspecified atom stereocenters. The Morgan fingerprint density at radius 1 is 0.871 bits per heavy atom. The van der Waals surface area contributed by atoms with Gasteiger partial charge in [0.15, 0.2) is 0 Å². The normalized spacial score (nSPS) is 13.9. The Bertz CT molecular complexity index is 1220. The first-order valence-corrected chi connectivity index (χ1v) is 10.3. The minimum absolute atomic E-state index is 0.175. The summed E-state index contributed by atoms with van der Waals surface area (Å²) in [6.45, 7) is 6.08. The number of anilines is 1. The van der Waals surface area contributed by atoms with Gasteiger partial charge in [0.05, 0.1) is 12.1 Å². The Morgan fingerprint density at radius 3 is 2.26 bits per heavy atom. The number of hydrogen-bond donors (Lipinski definition) is 1. The molecule has 0 atom stereocenters. The number of carbonyl (C=O) groups excluding carboxylic acids is 2. The molecule has 2 heterocycles. The quantitative estimate of drug-likeness (QED) is 0.574. The maximum atomic E-state index is 13.4. The van der Waals surface area contributed by atoms with Gasteiger partial charge in [0.1, 0.15) is 5.70 Å². The van der Waals surface area contributed by atoms with Gasteiger partial charge in [0.2, 0.25) is 0 Å². The summed E-state index contributed by atoms with van der Waals surface area (Å²) in [7, 11) is 0. The first-order valence-electron chi connectivity index (χ1n) is 9.95. The van der Waals surface area contributed by atoms with Gasteiger partial charge in [-0.05, 0) is 72.9 Å². The van der Waals surface area contributed by atoms with Crippen molar-refractivity contribution in [3.8, 4) is 0 Å². The van der Waals surface area contributed by atoms with E-state index in [0.717, 1.165) is 22.3 Å². The van der Waals surface area contributed by atoms with Crippen molar-refractivity contribution in [2.45, 2.75) is 27.3 Å². The molecule has 4 rings (SSSR count). The number of carbonyl (C=O) groups is 2. The number of pyridine rings is 1. The minimum Gasteiger partial charge on any atom is -0.350 e. The predicted octanol–water partition coefficient (Wildman–Crippen LogP) is 5.05. The van der Waals surface area contributed by atoms with Crippen molar-refractivity contribution in [2.24, 2.45) is 0 Å². The van der Waals surface area contributed by atoms with E-state index in [2.05, 4.69) is 10.3 Å². The van der Waals surface area contributed by atoms with Crippen LogP contribution in [0.2, 0.25) is 5.02 Å². The molecule has 2 amide bonds. The zero-order valence-corrected chi connectivity index (χ0v) is 18.3. The van der Waals surface area contributed by atoms with Gasteiger partial charge < -0.3 is 5.32 Å². The first-order chi connectivity index (χ1) is 14.8. The van der Waals surface area contributed by atoms with Crippen LogP contribution in [0.3, 0.4) is 0 Å². The van der Waals surface area contributed by atoms with Crippen LogP contribution in [-0.4, -0.2) is 21.7 Å². The van der Waals surface area contributed by atoms with Crippen molar-refractivity contribution in [3.63, 3.8) is 0 Å². The third-order valence-corrected chi connectivity index (χ3v) is 5.90. The molecule has 31 heavy (non-hydrogen) atoms. The summed E-state index contributed by atoms with van der Waals surface area (Å²) >= 11 is 6.27. The second kappa shape index (κ2) is 8.36. The Kier molecular flexibility index (Phi) is 5.61. The molecule has 0 fully saturated rings. The van der Waals surface area contributed by atoms with Crippen LogP contribution in [0.15, 0.2) is 66.6 Å². The van der Waals surface area contributed by atoms with Crippen LogP contribution >= 0.6 is 11.6 Å². The average Bonchev–Trinajstić information content (AvgIpc) is 2.98. The lowest BCUT2D eigenvalue weighted by Gasteiger charge is -2.15. The van der Waals surface area contributed by atoms with E-state index in [1.54, 1.807) is 30.6 Å². The fourth-order valence-electron chi connectivity index (χ4n) is 3.49. The first kappa shape index (κ1) is 20.8. The lowest BCUT2D eigenvalue weighted by atomic mass is 9.99. The fourth-order valence-corrected chi connectivity index (χ4v) is 3.67. The molecule has 0 bridgehead atoms. The molecular weight excluding hydrogens is 410 g/mol. The summed E-state index contributed by atoms with van der Waals surface area (Å²) in [4.78, 5) is 32.0. The number of rotatable bonds is 5. The van der Waals surface area contributed by atoms with Gasteiger partial charge in [-0.2, -0.15) is 0 Å². The molecule has 0 spiro atoms. The lowest BCUT2D eigenvalue weighted by molar-refractivity contribution is -0.137. The van der Waals surface area contributed by atoms with Crippen LogP contribution < -0.4 is 5.32 Å². The molecular formula is C25H22ClN3O2. The molecule has 0 saturated heterocycles. The number of aromatic nitrogens is 1. The van der Waals surface area contributed by atoms with Gasteiger partial charge in [-0.15, -0.1) is 0 Å². The second-order valence-corrected chi connectivity index (χ2v) is 8.10. The highest BCUT2D eigenvalue weighted by Gasteiger charge is 2.39. The summed E-state index contributed by atoms with van der Waals surface area (Å²) in [5, 5.41) is 3.75.